The average molecular weight is 176 g/mol. The second-order valence-electron chi connectivity index (χ2n) is 2.33. The van der Waals surface area contributed by atoms with Gasteiger partial charge in [0.05, 0.1) is 26.3 Å². The molecule has 0 unspecified atom stereocenters. The van der Waals surface area contributed by atoms with Crippen molar-refractivity contribution in [2.24, 2.45) is 0 Å². The van der Waals surface area contributed by atoms with Crippen LogP contribution in [0.15, 0.2) is 0 Å². The van der Waals surface area contributed by atoms with Gasteiger partial charge < -0.3 is 4.74 Å². The Morgan fingerprint density at radius 3 is 2.75 bits per heavy atom. The van der Waals surface area contributed by atoms with Gasteiger partial charge in [-0.2, -0.15) is 5.06 Å². The fraction of sp³-hybridized carbons (Fsp3) is 0.833. The van der Waals surface area contributed by atoms with E-state index in [4.69, 9.17) is 14.8 Å². The van der Waals surface area contributed by atoms with Crippen molar-refractivity contribution in [3.8, 4) is 0 Å². The Morgan fingerprint density at radius 1 is 1.50 bits per heavy atom. The van der Waals surface area contributed by atoms with Gasteiger partial charge in [-0.15, -0.1) is 0 Å². The first-order chi connectivity index (χ1) is 5.75. The third-order valence-electron chi connectivity index (χ3n) is 1.48. The largest absolute Gasteiger partial charge is 0.382 e. The van der Waals surface area contributed by atoms with Crippen LogP contribution < -0.4 is 0 Å². The van der Waals surface area contributed by atoms with Crippen molar-refractivity contribution in [3.63, 3.8) is 0 Å². The Balaban J connectivity index is 2.20. The van der Waals surface area contributed by atoms with E-state index in [-0.39, 0.29) is 6.54 Å². The molecule has 70 valence electrons. The molecule has 0 aliphatic carbocycles. The summed E-state index contributed by atoms with van der Waals surface area (Å²) in [6.07, 6.45) is 0. The molecule has 1 rings (SSSR count). The molecular weight excluding hydrogens is 164 g/mol. The molecule has 0 spiro atoms. The third-order valence-corrected chi connectivity index (χ3v) is 1.48. The summed E-state index contributed by atoms with van der Waals surface area (Å²) in [5.41, 5.74) is 0. The summed E-state index contributed by atoms with van der Waals surface area (Å²) < 4.78 is 4.72. The van der Waals surface area contributed by atoms with Gasteiger partial charge in [0.2, 0.25) is 0 Å². The number of urea groups is 1. The number of ether oxygens (including phenoxy) is 1. The van der Waals surface area contributed by atoms with Crippen LogP contribution >= 0.6 is 0 Å². The summed E-state index contributed by atoms with van der Waals surface area (Å²) in [6, 6.07) is -0.522. The second-order valence-corrected chi connectivity index (χ2v) is 2.33. The first kappa shape index (κ1) is 9.24. The van der Waals surface area contributed by atoms with Gasteiger partial charge in [-0.25, -0.2) is 9.86 Å². The molecule has 0 aromatic rings. The lowest BCUT2D eigenvalue weighted by molar-refractivity contribution is -0.125. The maximum Gasteiger partial charge on any atom is 0.367 e. The number of carbonyl (C=O) groups excluding carboxylic acids is 1. The minimum Gasteiger partial charge on any atom is -0.382 e. The maximum atomic E-state index is 10.9. The number of hydrogen-bond acceptors (Lipinski definition) is 4. The number of methoxy groups -OCH3 is 1. The SMILES string of the molecule is COCCON1CCN(O)C1=O. The van der Waals surface area contributed by atoms with Gasteiger partial charge >= 0.3 is 6.03 Å². The van der Waals surface area contributed by atoms with Crippen LogP contribution in [0.3, 0.4) is 0 Å². The molecule has 0 aromatic heterocycles. The van der Waals surface area contributed by atoms with Gasteiger partial charge in [0.25, 0.3) is 0 Å². The predicted molar refractivity (Wildman–Crippen MR) is 38.4 cm³/mol. The lowest BCUT2D eigenvalue weighted by Crippen LogP contribution is -2.30. The van der Waals surface area contributed by atoms with Crippen LogP contribution in [0.2, 0.25) is 0 Å². The number of carbonyl (C=O) groups is 1. The number of hydrogen-bond donors (Lipinski definition) is 1. The highest BCUT2D eigenvalue weighted by molar-refractivity contribution is 5.73. The van der Waals surface area contributed by atoms with E-state index in [0.717, 1.165) is 5.06 Å². The zero-order valence-electron chi connectivity index (χ0n) is 6.89. The normalized spacial score (nSPS) is 17.7. The van der Waals surface area contributed by atoms with Crippen LogP contribution in [0.4, 0.5) is 4.79 Å². The van der Waals surface area contributed by atoms with Crippen LogP contribution in [0.5, 0.6) is 0 Å². The summed E-state index contributed by atoms with van der Waals surface area (Å²) in [5.74, 6) is 0. The quantitative estimate of drug-likeness (QED) is 0.471. The number of amides is 2. The molecule has 0 aromatic carbocycles. The molecule has 1 N–H and O–H groups in total. The van der Waals surface area contributed by atoms with Gasteiger partial charge in [0, 0.05) is 7.11 Å². The molecule has 0 bridgehead atoms. The lowest BCUT2D eigenvalue weighted by Gasteiger charge is -2.13. The van der Waals surface area contributed by atoms with Crippen LogP contribution in [0.25, 0.3) is 0 Å². The topological polar surface area (TPSA) is 62.2 Å². The van der Waals surface area contributed by atoms with E-state index in [9.17, 15) is 4.79 Å². The second kappa shape index (κ2) is 4.24. The zero-order chi connectivity index (χ0) is 8.97. The summed E-state index contributed by atoms with van der Waals surface area (Å²) in [5, 5.41) is 10.6. The standard InChI is InChI=1S/C6H12N2O4/c1-11-4-5-12-8-3-2-7(10)6(8)9/h10H,2-5H2,1H3. The van der Waals surface area contributed by atoms with Gasteiger partial charge in [0.1, 0.15) is 0 Å². The Morgan fingerprint density at radius 2 is 2.25 bits per heavy atom. The molecule has 2 amide bonds. The average Bonchev–Trinajstić information content (AvgIpc) is 2.36. The number of hydroxylamine groups is 4. The van der Waals surface area contributed by atoms with E-state index in [1.165, 1.54) is 0 Å². The summed E-state index contributed by atoms with van der Waals surface area (Å²) >= 11 is 0. The number of rotatable bonds is 4. The van der Waals surface area contributed by atoms with E-state index in [0.29, 0.717) is 24.8 Å². The Kier molecular flexibility index (Phi) is 3.27. The first-order valence-corrected chi connectivity index (χ1v) is 3.65. The molecule has 6 nitrogen and oxygen atoms in total. The van der Waals surface area contributed by atoms with Crippen LogP contribution in [0.1, 0.15) is 0 Å². The van der Waals surface area contributed by atoms with Crippen molar-refractivity contribution in [1.82, 2.24) is 10.1 Å². The van der Waals surface area contributed by atoms with Crippen molar-refractivity contribution in [2.75, 3.05) is 33.4 Å². The molecule has 1 aliphatic heterocycles. The van der Waals surface area contributed by atoms with E-state index < -0.39 is 6.03 Å². The van der Waals surface area contributed by atoms with Crippen LogP contribution in [-0.4, -0.2) is 54.8 Å². The van der Waals surface area contributed by atoms with Gasteiger partial charge in [0.15, 0.2) is 0 Å². The van der Waals surface area contributed by atoms with Crippen molar-refractivity contribution < 1.29 is 19.6 Å². The molecule has 0 saturated carbocycles. The lowest BCUT2D eigenvalue weighted by atomic mass is 10.7. The van der Waals surface area contributed by atoms with Crippen LogP contribution in [-0.2, 0) is 9.57 Å². The highest BCUT2D eigenvalue weighted by Crippen LogP contribution is 2.05. The summed E-state index contributed by atoms with van der Waals surface area (Å²) in [6.45, 7) is 1.41. The van der Waals surface area contributed by atoms with E-state index >= 15 is 0 Å². The molecule has 6 heteroatoms. The fourth-order valence-electron chi connectivity index (χ4n) is 0.856. The third kappa shape index (κ3) is 2.07. The van der Waals surface area contributed by atoms with Crippen LogP contribution in [0, 0.1) is 0 Å². The molecule has 1 heterocycles. The minimum absolute atomic E-state index is 0.284. The van der Waals surface area contributed by atoms with Gasteiger partial charge in [-0.1, -0.05) is 0 Å². The molecule has 0 atom stereocenters. The zero-order valence-corrected chi connectivity index (χ0v) is 6.89. The monoisotopic (exact) mass is 176 g/mol. The first-order valence-electron chi connectivity index (χ1n) is 3.65. The van der Waals surface area contributed by atoms with Crippen molar-refractivity contribution in [3.05, 3.63) is 0 Å². The van der Waals surface area contributed by atoms with Crippen molar-refractivity contribution >= 4 is 6.03 Å². The minimum atomic E-state index is -0.522. The van der Waals surface area contributed by atoms with Gasteiger partial charge in [-0.05, 0) is 0 Å². The highest BCUT2D eigenvalue weighted by Gasteiger charge is 2.27. The Hall–Kier alpha value is -0.850. The maximum absolute atomic E-state index is 10.9. The Bertz CT molecular complexity index is 164. The summed E-state index contributed by atoms with van der Waals surface area (Å²) in [7, 11) is 1.55. The highest BCUT2D eigenvalue weighted by atomic mass is 16.7. The smallest absolute Gasteiger partial charge is 0.367 e. The molecule has 1 fully saturated rings. The number of nitrogens with zero attached hydrogens (tertiary/aromatic N) is 2. The molecule has 12 heavy (non-hydrogen) atoms. The van der Waals surface area contributed by atoms with Crippen molar-refractivity contribution in [2.45, 2.75) is 0 Å². The van der Waals surface area contributed by atoms with Gasteiger partial charge in [-0.3, -0.25) is 10.0 Å². The summed E-state index contributed by atoms with van der Waals surface area (Å²) in [4.78, 5) is 15.9. The van der Waals surface area contributed by atoms with Crippen molar-refractivity contribution in [1.29, 1.82) is 0 Å². The fourth-order valence-corrected chi connectivity index (χ4v) is 0.856. The Labute approximate surface area is 70.2 Å². The van der Waals surface area contributed by atoms with E-state index in [1.54, 1.807) is 7.11 Å². The van der Waals surface area contributed by atoms with E-state index in [2.05, 4.69) is 0 Å². The molecule has 1 saturated heterocycles. The molecule has 1 aliphatic rings. The molecular formula is C6H12N2O4. The molecule has 0 radical (unpaired) electrons. The predicted octanol–water partition coefficient (Wildman–Crippen LogP) is -0.309. The van der Waals surface area contributed by atoms with E-state index in [1.807, 2.05) is 0 Å².